The average Bonchev–Trinajstić information content (AvgIpc) is 3.59. The van der Waals surface area contributed by atoms with E-state index in [0.29, 0.717) is 30.3 Å². The molecule has 0 saturated heterocycles. The zero-order valence-electron chi connectivity index (χ0n) is 17.8. The first kappa shape index (κ1) is 24.1. The summed E-state index contributed by atoms with van der Waals surface area (Å²) in [5.74, 6) is 0.818. The first-order valence-corrected chi connectivity index (χ1v) is 10.8. The quantitative estimate of drug-likeness (QED) is 0.431. The first-order chi connectivity index (χ1) is 15.3. The maximum Gasteiger partial charge on any atom is 0.390 e. The number of amides is 1. The van der Waals surface area contributed by atoms with E-state index in [4.69, 9.17) is 4.74 Å². The van der Waals surface area contributed by atoms with Crippen molar-refractivity contribution >= 4 is 5.91 Å². The van der Waals surface area contributed by atoms with Crippen molar-refractivity contribution in [3.8, 4) is 5.75 Å². The summed E-state index contributed by atoms with van der Waals surface area (Å²) in [6, 6.07) is 15.5. The van der Waals surface area contributed by atoms with Gasteiger partial charge >= 0.3 is 6.18 Å². The lowest BCUT2D eigenvalue weighted by Crippen LogP contribution is -2.49. The third-order valence-electron chi connectivity index (χ3n) is 5.30. The Kier molecular flexibility index (Phi) is 8.53. The van der Waals surface area contributed by atoms with Crippen molar-refractivity contribution in [2.75, 3.05) is 19.7 Å². The summed E-state index contributed by atoms with van der Waals surface area (Å²) >= 11 is 0. The van der Waals surface area contributed by atoms with Crippen LogP contribution in [-0.2, 0) is 6.42 Å². The van der Waals surface area contributed by atoms with Gasteiger partial charge < -0.3 is 20.5 Å². The van der Waals surface area contributed by atoms with Gasteiger partial charge in [0.1, 0.15) is 5.75 Å². The van der Waals surface area contributed by atoms with Crippen molar-refractivity contribution in [1.29, 1.82) is 0 Å². The van der Waals surface area contributed by atoms with E-state index < -0.39 is 24.7 Å². The van der Waals surface area contributed by atoms with Gasteiger partial charge in [-0.1, -0.05) is 36.4 Å². The molecular weight excluding hydrogens is 421 g/mol. The van der Waals surface area contributed by atoms with Gasteiger partial charge in [0.05, 0.1) is 25.2 Å². The number of halogens is 3. The summed E-state index contributed by atoms with van der Waals surface area (Å²) in [5.41, 5.74) is 1.29. The molecule has 1 aliphatic carbocycles. The van der Waals surface area contributed by atoms with Gasteiger partial charge in [0, 0.05) is 18.7 Å². The highest BCUT2D eigenvalue weighted by Crippen LogP contribution is 2.29. The Labute approximate surface area is 186 Å². The number of aliphatic hydroxyl groups excluding tert-OH is 1. The number of hydrogen-bond donors (Lipinski definition) is 3. The second-order valence-corrected chi connectivity index (χ2v) is 8.19. The van der Waals surface area contributed by atoms with Gasteiger partial charge in [-0.15, -0.1) is 0 Å². The molecule has 8 heteroatoms. The fourth-order valence-electron chi connectivity index (χ4n) is 3.25. The number of nitrogens with one attached hydrogen (secondary N) is 2. The van der Waals surface area contributed by atoms with Crippen LogP contribution in [0.3, 0.4) is 0 Å². The highest BCUT2D eigenvalue weighted by Gasteiger charge is 2.27. The molecule has 1 saturated carbocycles. The second-order valence-electron chi connectivity index (χ2n) is 8.19. The minimum absolute atomic E-state index is 0.0710. The molecule has 5 nitrogen and oxygen atoms in total. The first-order valence-electron chi connectivity index (χ1n) is 10.8. The Morgan fingerprint density at radius 2 is 1.88 bits per heavy atom. The molecule has 0 heterocycles. The average molecular weight is 451 g/mol. The summed E-state index contributed by atoms with van der Waals surface area (Å²) in [6.07, 6.45) is -3.65. The Hall–Kier alpha value is -2.58. The topological polar surface area (TPSA) is 70.6 Å². The van der Waals surface area contributed by atoms with Crippen LogP contribution in [-0.4, -0.2) is 49.0 Å². The van der Waals surface area contributed by atoms with Gasteiger partial charge in [0.15, 0.2) is 0 Å². The number of benzene rings is 2. The van der Waals surface area contributed by atoms with E-state index in [1.165, 1.54) is 0 Å². The maximum absolute atomic E-state index is 12.9. The highest BCUT2D eigenvalue weighted by molar-refractivity contribution is 5.94. The summed E-state index contributed by atoms with van der Waals surface area (Å²) in [6.45, 7) is 0.259. The standard InChI is InChI=1S/C24H29F3N2O3/c25-24(26,27)11-12-28-15-22(30)21(13-17-5-2-1-3-6-17)29-23(31)19-7-4-8-20(14-19)32-16-18-9-10-18/h1-8,14,18,21-22,28,30H,9-13,15-16H2,(H,29,31)/t21-,22+/m0/s1. The van der Waals surface area contributed by atoms with Crippen molar-refractivity contribution in [2.24, 2.45) is 5.92 Å². The van der Waals surface area contributed by atoms with Crippen LogP contribution in [0, 0.1) is 5.92 Å². The molecule has 1 aliphatic rings. The molecule has 0 aromatic heterocycles. The number of carbonyl (C=O) groups is 1. The van der Waals surface area contributed by atoms with Gasteiger partial charge in [-0.2, -0.15) is 13.2 Å². The van der Waals surface area contributed by atoms with Crippen LogP contribution in [0.5, 0.6) is 5.75 Å². The lowest BCUT2D eigenvalue weighted by atomic mass is 10.0. The van der Waals surface area contributed by atoms with Crippen molar-refractivity contribution in [2.45, 2.75) is 44.0 Å². The molecule has 2 aromatic carbocycles. The van der Waals surface area contributed by atoms with Gasteiger partial charge in [-0.05, 0) is 48.9 Å². The highest BCUT2D eigenvalue weighted by atomic mass is 19.4. The number of hydrogen-bond acceptors (Lipinski definition) is 4. The van der Waals surface area contributed by atoms with Crippen LogP contribution in [0.15, 0.2) is 54.6 Å². The van der Waals surface area contributed by atoms with Gasteiger partial charge in [0.2, 0.25) is 0 Å². The minimum Gasteiger partial charge on any atom is -0.493 e. The number of carbonyl (C=O) groups excluding carboxylic acids is 1. The molecule has 174 valence electrons. The zero-order valence-corrected chi connectivity index (χ0v) is 17.8. The van der Waals surface area contributed by atoms with Crippen LogP contribution in [0.2, 0.25) is 0 Å². The Morgan fingerprint density at radius 1 is 1.12 bits per heavy atom. The molecule has 1 fully saturated rings. The van der Waals surface area contributed by atoms with E-state index in [1.807, 2.05) is 30.3 Å². The summed E-state index contributed by atoms with van der Waals surface area (Å²) < 4.78 is 42.8. The summed E-state index contributed by atoms with van der Waals surface area (Å²) in [5, 5.41) is 16.1. The molecule has 0 spiro atoms. The molecule has 0 aliphatic heterocycles. The smallest absolute Gasteiger partial charge is 0.390 e. The van der Waals surface area contributed by atoms with Crippen molar-refractivity contribution in [3.63, 3.8) is 0 Å². The van der Waals surface area contributed by atoms with Crippen LogP contribution in [0.1, 0.15) is 35.2 Å². The largest absolute Gasteiger partial charge is 0.493 e. The molecule has 32 heavy (non-hydrogen) atoms. The number of rotatable bonds is 12. The van der Waals surface area contributed by atoms with E-state index in [-0.39, 0.29) is 19.0 Å². The molecule has 0 radical (unpaired) electrons. The molecule has 0 unspecified atom stereocenters. The molecular formula is C24H29F3N2O3. The normalized spacial score (nSPS) is 15.8. The maximum atomic E-state index is 12.9. The fourth-order valence-corrected chi connectivity index (χ4v) is 3.25. The van der Waals surface area contributed by atoms with Crippen molar-refractivity contribution in [3.05, 3.63) is 65.7 Å². The van der Waals surface area contributed by atoms with Gasteiger partial charge in [-0.3, -0.25) is 4.79 Å². The lowest BCUT2D eigenvalue weighted by Gasteiger charge is -2.25. The predicted octanol–water partition coefficient (Wildman–Crippen LogP) is 3.72. The van der Waals surface area contributed by atoms with Crippen LogP contribution < -0.4 is 15.4 Å². The summed E-state index contributed by atoms with van der Waals surface area (Å²) in [4.78, 5) is 12.9. The lowest BCUT2D eigenvalue weighted by molar-refractivity contribution is -0.133. The van der Waals surface area contributed by atoms with E-state index in [1.54, 1.807) is 24.3 Å². The van der Waals surface area contributed by atoms with Gasteiger partial charge in [0.25, 0.3) is 5.91 Å². The van der Waals surface area contributed by atoms with E-state index in [0.717, 1.165) is 18.4 Å². The van der Waals surface area contributed by atoms with E-state index in [2.05, 4.69) is 10.6 Å². The number of ether oxygens (including phenoxy) is 1. The van der Waals surface area contributed by atoms with Crippen LogP contribution in [0.25, 0.3) is 0 Å². The fraction of sp³-hybridized carbons (Fsp3) is 0.458. The molecule has 2 aromatic rings. The predicted molar refractivity (Wildman–Crippen MR) is 116 cm³/mol. The third kappa shape index (κ3) is 8.51. The van der Waals surface area contributed by atoms with Crippen molar-refractivity contribution in [1.82, 2.24) is 10.6 Å². The minimum atomic E-state index is -4.26. The van der Waals surface area contributed by atoms with E-state index in [9.17, 15) is 23.1 Å². The molecule has 0 bridgehead atoms. The van der Waals surface area contributed by atoms with E-state index >= 15 is 0 Å². The Balaban J connectivity index is 1.61. The SMILES string of the molecule is O=C(N[C@@H](Cc1ccccc1)[C@H](O)CNCCC(F)(F)F)c1cccc(OCC2CC2)c1. The summed E-state index contributed by atoms with van der Waals surface area (Å²) in [7, 11) is 0. The van der Waals surface area contributed by atoms with Crippen molar-refractivity contribution < 1.29 is 27.8 Å². The molecule has 2 atom stereocenters. The van der Waals surface area contributed by atoms with Gasteiger partial charge in [-0.25, -0.2) is 0 Å². The molecule has 3 rings (SSSR count). The second kappa shape index (κ2) is 11.3. The zero-order chi connectivity index (χ0) is 23.0. The van der Waals surface area contributed by atoms with Crippen LogP contribution in [0.4, 0.5) is 13.2 Å². The monoisotopic (exact) mass is 450 g/mol. The molecule has 3 N–H and O–H groups in total. The number of aliphatic hydroxyl groups is 1. The third-order valence-corrected chi connectivity index (χ3v) is 5.30. The molecule has 1 amide bonds. The number of alkyl halides is 3. The Morgan fingerprint density at radius 3 is 2.56 bits per heavy atom. The Bertz CT molecular complexity index is 857. The van der Waals surface area contributed by atoms with Crippen LogP contribution >= 0.6 is 0 Å².